The number of nitrogens with one attached hydrogen (secondary N) is 1. The van der Waals surface area contributed by atoms with Gasteiger partial charge >= 0.3 is 12.1 Å². The number of aromatic nitrogens is 2. The number of alkyl halides is 3. The second-order valence-corrected chi connectivity index (χ2v) is 6.22. The van der Waals surface area contributed by atoms with Crippen LogP contribution >= 0.6 is 0 Å². The van der Waals surface area contributed by atoms with Crippen molar-refractivity contribution >= 4 is 23.0 Å². The van der Waals surface area contributed by atoms with E-state index >= 15 is 0 Å². The number of rotatable bonds is 6. The lowest BCUT2D eigenvalue weighted by molar-refractivity contribution is -0.137. The molecule has 0 radical (unpaired) electrons. The lowest BCUT2D eigenvalue weighted by Crippen LogP contribution is -2.28. The summed E-state index contributed by atoms with van der Waals surface area (Å²) in [5, 5.41) is 6.36. The first-order valence-electron chi connectivity index (χ1n) is 8.70. The van der Waals surface area contributed by atoms with Gasteiger partial charge in [-0.3, -0.25) is 4.79 Å². The molecule has 3 rings (SSSR count). The molecule has 0 aliphatic rings. The van der Waals surface area contributed by atoms with Crippen molar-refractivity contribution in [2.75, 3.05) is 13.2 Å². The van der Waals surface area contributed by atoms with Crippen LogP contribution < -0.4 is 5.32 Å². The number of esters is 1. The Labute approximate surface area is 168 Å². The summed E-state index contributed by atoms with van der Waals surface area (Å²) in [6.45, 7) is 4.61. The number of carbonyl (C=O) groups excluding carboxylic acids is 2. The monoisotopic (exact) mass is 419 g/mol. The summed E-state index contributed by atoms with van der Waals surface area (Å²) < 4.78 is 50.3. The van der Waals surface area contributed by atoms with Gasteiger partial charge in [0.15, 0.2) is 6.61 Å². The van der Waals surface area contributed by atoms with Crippen molar-refractivity contribution in [2.24, 2.45) is 0 Å². The van der Waals surface area contributed by atoms with E-state index in [0.717, 1.165) is 6.07 Å². The van der Waals surface area contributed by atoms with E-state index in [0.29, 0.717) is 5.69 Å². The van der Waals surface area contributed by atoms with Crippen LogP contribution in [0.5, 0.6) is 0 Å². The Balaban J connectivity index is 2.04. The van der Waals surface area contributed by atoms with Crippen LogP contribution in [0.4, 0.5) is 13.2 Å². The van der Waals surface area contributed by atoms with Gasteiger partial charge in [-0.25, -0.2) is 9.78 Å². The third kappa shape index (κ3) is 4.32. The predicted molar refractivity (Wildman–Crippen MR) is 100 cm³/mol. The summed E-state index contributed by atoms with van der Waals surface area (Å²) in [5.41, 5.74) is -1.23. The number of pyridine rings is 1. The van der Waals surface area contributed by atoms with Gasteiger partial charge in [0.1, 0.15) is 0 Å². The molecule has 30 heavy (non-hydrogen) atoms. The van der Waals surface area contributed by atoms with Gasteiger partial charge in [-0.15, -0.1) is 6.58 Å². The summed E-state index contributed by atoms with van der Waals surface area (Å²) in [5.74, 6) is -1.48. The molecule has 2 aromatic heterocycles. The number of aryl methyl sites for hydroxylation is 1. The first-order chi connectivity index (χ1) is 14.2. The largest absolute Gasteiger partial charge is 0.452 e. The summed E-state index contributed by atoms with van der Waals surface area (Å²) in [6.07, 6.45) is -3.18. The van der Waals surface area contributed by atoms with Crippen molar-refractivity contribution in [3.63, 3.8) is 0 Å². The van der Waals surface area contributed by atoms with Gasteiger partial charge in [-0.1, -0.05) is 29.4 Å². The number of ether oxygens (including phenoxy) is 1. The number of hydrogen-bond acceptors (Lipinski definition) is 6. The molecule has 1 aromatic carbocycles. The number of carbonyl (C=O) groups is 2. The Morgan fingerprint density at radius 1 is 1.30 bits per heavy atom. The minimum Gasteiger partial charge on any atom is -0.452 e. The van der Waals surface area contributed by atoms with E-state index in [1.165, 1.54) is 30.3 Å². The van der Waals surface area contributed by atoms with Gasteiger partial charge < -0.3 is 14.6 Å². The number of fused-ring (bicyclic) bond motifs is 1. The quantitative estimate of drug-likeness (QED) is 0.484. The van der Waals surface area contributed by atoms with Crippen LogP contribution in [0.25, 0.3) is 22.4 Å². The molecule has 0 saturated carbocycles. The maximum atomic E-state index is 13.4. The fraction of sp³-hybridized carbons (Fsp3) is 0.200. The number of nitrogens with zero attached hydrogens (tertiary/aromatic N) is 2. The molecular weight excluding hydrogens is 403 g/mol. The second-order valence-electron chi connectivity index (χ2n) is 6.22. The predicted octanol–water partition coefficient (Wildman–Crippen LogP) is 3.68. The van der Waals surface area contributed by atoms with E-state index in [1.54, 1.807) is 6.92 Å². The Morgan fingerprint density at radius 3 is 2.73 bits per heavy atom. The zero-order valence-corrected chi connectivity index (χ0v) is 15.7. The standard InChI is InChI=1S/C20H16F3N3O4/c1-3-8-24-16(27)10-29-19(28)13-9-15(25-18-17(13)11(2)26-30-18)12-6-4-5-7-14(12)20(21,22)23/h3-7,9H,1,8,10H2,2H3,(H,24,27). The molecule has 1 N–H and O–H groups in total. The lowest BCUT2D eigenvalue weighted by atomic mass is 10.0. The molecule has 1 amide bonds. The first-order valence-corrected chi connectivity index (χ1v) is 8.70. The average Bonchev–Trinajstić information content (AvgIpc) is 3.10. The van der Waals surface area contributed by atoms with Crippen LogP contribution in [-0.4, -0.2) is 35.2 Å². The van der Waals surface area contributed by atoms with Crippen molar-refractivity contribution in [2.45, 2.75) is 13.1 Å². The minimum atomic E-state index is -4.63. The van der Waals surface area contributed by atoms with Crippen LogP contribution in [0.3, 0.4) is 0 Å². The van der Waals surface area contributed by atoms with Crippen LogP contribution in [0, 0.1) is 6.92 Å². The molecule has 0 aliphatic carbocycles. The Bertz CT molecular complexity index is 1120. The molecule has 0 bridgehead atoms. The highest BCUT2D eigenvalue weighted by molar-refractivity contribution is 6.04. The second kappa shape index (κ2) is 8.36. The van der Waals surface area contributed by atoms with Crippen LogP contribution in [0.1, 0.15) is 21.6 Å². The summed E-state index contributed by atoms with van der Waals surface area (Å²) in [6, 6.07) is 5.98. The van der Waals surface area contributed by atoms with Gasteiger partial charge in [0.25, 0.3) is 11.6 Å². The third-order valence-electron chi connectivity index (χ3n) is 4.12. The van der Waals surface area contributed by atoms with Gasteiger partial charge in [-0.2, -0.15) is 13.2 Å². The van der Waals surface area contributed by atoms with Crippen molar-refractivity contribution in [3.05, 3.63) is 59.8 Å². The molecule has 0 fully saturated rings. The van der Waals surface area contributed by atoms with Crippen molar-refractivity contribution in [1.82, 2.24) is 15.5 Å². The molecule has 156 valence electrons. The topological polar surface area (TPSA) is 94.3 Å². The van der Waals surface area contributed by atoms with E-state index < -0.39 is 30.2 Å². The molecule has 0 saturated heterocycles. The number of benzene rings is 1. The van der Waals surface area contributed by atoms with Gasteiger partial charge in [0, 0.05) is 12.1 Å². The van der Waals surface area contributed by atoms with Crippen molar-refractivity contribution in [1.29, 1.82) is 0 Å². The van der Waals surface area contributed by atoms with E-state index in [-0.39, 0.29) is 34.5 Å². The lowest BCUT2D eigenvalue weighted by Gasteiger charge is -2.13. The highest BCUT2D eigenvalue weighted by atomic mass is 19.4. The number of amides is 1. The Hall–Kier alpha value is -3.69. The molecule has 0 aliphatic heterocycles. The average molecular weight is 419 g/mol. The Morgan fingerprint density at radius 2 is 2.03 bits per heavy atom. The smallest absolute Gasteiger partial charge is 0.417 e. The normalized spacial score (nSPS) is 11.3. The maximum Gasteiger partial charge on any atom is 0.417 e. The summed E-state index contributed by atoms with van der Waals surface area (Å²) >= 11 is 0. The molecule has 0 atom stereocenters. The van der Waals surface area contributed by atoms with Gasteiger partial charge in [-0.05, 0) is 19.1 Å². The summed E-state index contributed by atoms with van der Waals surface area (Å²) in [4.78, 5) is 28.4. The SMILES string of the molecule is C=CCNC(=O)COC(=O)c1cc(-c2ccccc2C(F)(F)F)nc2onc(C)c12. The zero-order valence-electron chi connectivity index (χ0n) is 15.7. The van der Waals surface area contributed by atoms with E-state index in [2.05, 4.69) is 22.0 Å². The third-order valence-corrected chi connectivity index (χ3v) is 4.12. The van der Waals surface area contributed by atoms with Gasteiger partial charge in [0.05, 0.1) is 27.9 Å². The molecule has 10 heteroatoms. The van der Waals surface area contributed by atoms with Crippen molar-refractivity contribution in [3.8, 4) is 11.3 Å². The molecule has 2 heterocycles. The fourth-order valence-corrected chi connectivity index (χ4v) is 2.79. The van der Waals surface area contributed by atoms with E-state index in [9.17, 15) is 22.8 Å². The number of hydrogen-bond donors (Lipinski definition) is 1. The van der Waals surface area contributed by atoms with E-state index in [4.69, 9.17) is 9.26 Å². The molecular formula is C20H16F3N3O4. The molecule has 0 spiro atoms. The Kier molecular flexibility index (Phi) is 5.86. The summed E-state index contributed by atoms with van der Waals surface area (Å²) in [7, 11) is 0. The van der Waals surface area contributed by atoms with E-state index in [1.807, 2.05) is 0 Å². The number of halogens is 3. The van der Waals surface area contributed by atoms with Crippen LogP contribution in [-0.2, 0) is 15.7 Å². The minimum absolute atomic E-state index is 0.109. The van der Waals surface area contributed by atoms with Crippen molar-refractivity contribution < 1.29 is 32.0 Å². The highest BCUT2D eigenvalue weighted by Gasteiger charge is 2.34. The fourth-order valence-electron chi connectivity index (χ4n) is 2.79. The van der Waals surface area contributed by atoms with Gasteiger partial charge in [0.2, 0.25) is 0 Å². The molecule has 7 nitrogen and oxygen atoms in total. The van der Waals surface area contributed by atoms with Crippen LogP contribution in [0.15, 0.2) is 47.5 Å². The maximum absolute atomic E-state index is 13.4. The highest BCUT2D eigenvalue weighted by Crippen LogP contribution is 2.37. The first kappa shape index (κ1) is 21.0. The zero-order chi connectivity index (χ0) is 21.9. The molecule has 0 unspecified atom stereocenters. The van der Waals surface area contributed by atoms with Crippen LogP contribution in [0.2, 0.25) is 0 Å². The molecule has 3 aromatic rings.